The Balaban J connectivity index is 1.71. The van der Waals surface area contributed by atoms with Crippen molar-refractivity contribution in [1.29, 1.82) is 0 Å². The van der Waals surface area contributed by atoms with Crippen LogP contribution in [0.5, 0.6) is 0 Å². The summed E-state index contributed by atoms with van der Waals surface area (Å²) in [5.41, 5.74) is 2.45. The predicted molar refractivity (Wildman–Crippen MR) is 113 cm³/mol. The number of anilines is 1. The number of carbonyl (C=O) groups excluding carboxylic acids is 3. The van der Waals surface area contributed by atoms with E-state index < -0.39 is 23.4 Å². The summed E-state index contributed by atoms with van der Waals surface area (Å²) in [5, 5.41) is 5.47. The van der Waals surface area contributed by atoms with Crippen LogP contribution in [0.25, 0.3) is 0 Å². The molecular weight excluding hydrogens is 366 g/mol. The van der Waals surface area contributed by atoms with Crippen LogP contribution in [0, 0.1) is 0 Å². The molecule has 0 aromatic heterocycles. The van der Waals surface area contributed by atoms with Gasteiger partial charge in [0.2, 0.25) is 5.91 Å². The van der Waals surface area contributed by atoms with Gasteiger partial charge in [-0.25, -0.2) is 4.79 Å². The van der Waals surface area contributed by atoms with Crippen LogP contribution in [-0.2, 0) is 21.5 Å². The molecule has 1 aliphatic heterocycles. The predicted octanol–water partition coefficient (Wildman–Crippen LogP) is 3.78. The smallest absolute Gasteiger partial charge is 0.325 e. The molecule has 29 heavy (non-hydrogen) atoms. The topological polar surface area (TPSA) is 78.5 Å². The van der Waals surface area contributed by atoms with Gasteiger partial charge in [-0.05, 0) is 48.1 Å². The van der Waals surface area contributed by atoms with Gasteiger partial charge in [0.25, 0.3) is 5.91 Å². The number of aryl methyl sites for hydroxylation is 1. The average Bonchev–Trinajstić information content (AvgIpc) is 2.92. The highest BCUT2D eigenvalue weighted by Crippen LogP contribution is 2.30. The van der Waals surface area contributed by atoms with Crippen molar-refractivity contribution < 1.29 is 14.4 Å². The van der Waals surface area contributed by atoms with Crippen LogP contribution in [-0.4, -0.2) is 29.3 Å². The van der Waals surface area contributed by atoms with Crippen LogP contribution in [0.3, 0.4) is 0 Å². The molecule has 1 atom stereocenters. The summed E-state index contributed by atoms with van der Waals surface area (Å²) in [6.45, 7) is 7.57. The summed E-state index contributed by atoms with van der Waals surface area (Å²) in [6, 6.07) is 14.5. The highest BCUT2D eigenvalue weighted by molar-refractivity contribution is 6.10. The number of benzene rings is 2. The van der Waals surface area contributed by atoms with Crippen LogP contribution in [0.4, 0.5) is 10.5 Å². The molecule has 0 saturated carbocycles. The number of rotatable bonds is 6. The molecule has 0 bridgehead atoms. The van der Waals surface area contributed by atoms with E-state index in [2.05, 4.69) is 31.4 Å². The zero-order valence-electron chi connectivity index (χ0n) is 17.3. The van der Waals surface area contributed by atoms with Gasteiger partial charge in [-0.15, -0.1) is 0 Å². The maximum absolute atomic E-state index is 13.0. The minimum Gasteiger partial charge on any atom is -0.325 e. The number of hydrogen-bond acceptors (Lipinski definition) is 3. The van der Waals surface area contributed by atoms with E-state index >= 15 is 0 Å². The minimum atomic E-state index is -1.18. The Labute approximate surface area is 171 Å². The van der Waals surface area contributed by atoms with Crippen molar-refractivity contribution in [2.24, 2.45) is 0 Å². The van der Waals surface area contributed by atoms with E-state index in [4.69, 9.17) is 0 Å². The Morgan fingerprint density at radius 1 is 1.07 bits per heavy atom. The summed E-state index contributed by atoms with van der Waals surface area (Å²) < 4.78 is 0. The van der Waals surface area contributed by atoms with Gasteiger partial charge < -0.3 is 10.6 Å². The molecule has 3 rings (SSSR count). The first-order chi connectivity index (χ1) is 13.7. The lowest BCUT2D eigenvalue weighted by Gasteiger charge is -2.22. The molecule has 0 spiro atoms. The second-order valence-electron chi connectivity index (χ2n) is 7.82. The van der Waals surface area contributed by atoms with Crippen molar-refractivity contribution in [3.05, 3.63) is 65.2 Å². The van der Waals surface area contributed by atoms with E-state index in [1.54, 1.807) is 6.92 Å². The van der Waals surface area contributed by atoms with Crippen LogP contribution >= 0.6 is 0 Å². The maximum atomic E-state index is 13.0. The lowest BCUT2D eigenvalue weighted by molar-refractivity contribution is -0.133. The van der Waals surface area contributed by atoms with Crippen LogP contribution in [0.2, 0.25) is 0 Å². The number of nitrogens with one attached hydrogen (secondary N) is 2. The van der Waals surface area contributed by atoms with Crippen LogP contribution < -0.4 is 10.6 Å². The zero-order valence-corrected chi connectivity index (χ0v) is 17.3. The van der Waals surface area contributed by atoms with E-state index in [0.29, 0.717) is 17.2 Å². The van der Waals surface area contributed by atoms with Gasteiger partial charge >= 0.3 is 6.03 Å². The zero-order chi connectivity index (χ0) is 21.2. The summed E-state index contributed by atoms with van der Waals surface area (Å²) in [7, 11) is 0. The van der Waals surface area contributed by atoms with Gasteiger partial charge in [-0.3, -0.25) is 14.5 Å². The van der Waals surface area contributed by atoms with Gasteiger partial charge in [0.05, 0.1) is 0 Å². The quantitative estimate of drug-likeness (QED) is 0.733. The Morgan fingerprint density at radius 3 is 2.24 bits per heavy atom. The van der Waals surface area contributed by atoms with E-state index in [-0.39, 0.29) is 6.54 Å². The Bertz CT molecular complexity index is 919. The molecule has 2 aromatic rings. The van der Waals surface area contributed by atoms with Crippen molar-refractivity contribution in [2.75, 3.05) is 11.9 Å². The van der Waals surface area contributed by atoms with E-state index in [1.807, 2.05) is 48.5 Å². The molecule has 6 nitrogen and oxygen atoms in total. The summed E-state index contributed by atoms with van der Waals surface area (Å²) in [4.78, 5) is 38.8. The van der Waals surface area contributed by atoms with Gasteiger partial charge in [0.1, 0.15) is 12.1 Å². The third-order valence-electron chi connectivity index (χ3n) is 5.38. The minimum absolute atomic E-state index is 0.333. The fourth-order valence-electron chi connectivity index (χ4n) is 3.41. The van der Waals surface area contributed by atoms with Gasteiger partial charge in [-0.2, -0.15) is 0 Å². The Kier molecular flexibility index (Phi) is 5.73. The third kappa shape index (κ3) is 4.16. The van der Waals surface area contributed by atoms with Crippen molar-refractivity contribution in [1.82, 2.24) is 10.2 Å². The van der Waals surface area contributed by atoms with Gasteiger partial charge in [0.15, 0.2) is 0 Å². The lowest BCUT2D eigenvalue weighted by atomic mass is 9.90. The highest BCUT2D eigenvalue weighted by Gasteiger charge is 2.49. The van der Waals surface area contributed by atoms with E-state index in [0.717, 1.165) is 22.4 Å². The fraction of sp³-hybridized carbons (Fsp3) is 0.348. The number of carbonyl (C=O) groups is 3. The molecule has 0 unspecified atom stereocenters. The standard InChI is InChI=1S/C23H27N3O3/c1-5-16-6-12-19(13-7-16)24-20(27)14-26-21(28)23(4,25-22(26)29)18-10-8-17(9-11-18)15(2)3/h6-13,15H,5,14H2,1-4H3,(H,24,27)(H,25,29)/t23-/m0/s1. The fourth-order valence-corrected chi connectivity index (χ4v) is 3.41. The first-order valence-electron chi connectivity index (χ1n) is 9.88. The molecule has 6 heteroatoms. The number of hydrogen-bond donors (Lipinski definition) is 2. The molecule has 152 valence electrons. The SMILES string of the molecule is CCc1ccc(NC(=O)CN2C(=O)N[C@@](C)(c3ccc(C(C)C)cc3)C2=O)cc1. The van der Waals surface area contributed by atoms with Crippen molar-refractivity contribution >= 4 is 23.5 Å². The Hall–Kier alpha value is -3.15. The third-order valence-corrected chi connectivity index (χ3v) is 5.38. The molecule has 0 aliphatic carbocycles. The van der Waals surface area contributed by atoms with Gasteiger partial charge in [-0.1, -0.05) is 57.2 Å². The largest absolute Gasteiger partial charge is 0.325 e. The second-order valence-corrected chi connectivity index (χ2v) is 7.82. The summed E-state index contributed by atoms with van der Waals surface area (Å²) in [6.07, 6.45) is 0.910. The maximum Gasteiger partial charge on any atom is 0.325 e. The van der Waals surface area contributed by atoms with Crippen molar-refractivity contribution in [3.8, 4) is 0 Å². The average molecular weight is 393 g/mol. The number of urea groups is 1. The molecule has 1 saturated heterocycles. The Morgan fingerprint density at radius 2 is 1.69 bits per heavy atom. The first kappa shape index (κ1) is 20.6. The molecule has 2 N–H and O–H groups in total. The number of nitrogens with zero attached hydrogens (tertiary/aromatic N) is 1. The molecular formula is C23H27N3O3. The molecule has 1 heterocycles. The van der Waals surface area contributed by atoms with Gasteiger partial charge in [0, 0.05) is 5.69 Å². The summed E-state index contributed by atoms with van der Waals surface area (Å²) in [5.74, 6) is -0.481. The molecule has 0 radical (unpaired) electrons. The van der Waals surface area contributed by atoms with E-state index in [9.17, 15) is 14.4 Å². The molecule has 2 aromatic carbocycles. The molecule has 4 amide bonds. The van der Waals surface area contributed by atoms with E-state index in [1.165, 1.54) is 0 Å². The van der Waals surface area contributed by atoms with Crippen LogP contribution in [0.15, 0.2) is 48.5 Å². The first-order valence-corrected chi connectivity index (χ1v) is 9.88. The molecule has 1 aliphatic rings. The summed E-state index contributed by atoms with van der Waals surface area (Å²) >= 11 is 0. The number of amides is 4. The molecule has 1 fully saturated rings. The lowest BCUT2D eigenvalue weighted by Crippen LogP contribution is -2.42. The monoisotopic (exact) mass is 393 g/mol. The normalized spacial score (nSPS) is 18.9. The second kappa shape index (κ2) is 8.07. The highest BCUT2D eigenvalue weighted by atomic mass is 16.2. The number of imide groups is 1. The van der Waals surface area contributed by atoms with Crippen molar-refractivity contribution in [2.45, 2.75) is 45.6 Å². The van der Waals surface area contributed by atoms with Crippen molar-refractivity contribution in [3.63, 3.8) is 0 Å². The van der Waals surface area contributed by atoms with Crippen LogP contribution in [0.1, 0.15) is 50.3 Å².